The van der Waals surface area contributed by atoms with Crippen LogP contribution in [0.25, 0.3) is 6.08 Å². The summed E-state index contributed by atoms with van der Waals surface area (Å²) in [6.07, 6.45) is 2.08. The molecule has 0 spiro atoms. The van der Waals surface area contributed by atoms with Gasteiger partial charge < -0.3 is 9.47 Å². The fourth-order valence-corrected chi connectivity index (χ4v) is 3.71. The van der Waals surface area contributed by atoms with Gasteiger partial charge >= 0.3 is 0 Å². The quantitative estimate of drug-likeness (QED) is 0.491. The summed E-state index contributed by atoms with van der Waals surface area (Å²) in [6.45, 7) is 0. The van der Waals surface area contributed by atoms with Crippen LogP contribution in [0.4, 0.5) is 5.69 Å². The second kappa shape index (κ2) is 9.50. The number of thioether (sulfide) groups is 1. The fraction of sp³-hybridized carbons (Fsp3) is 0.190. The van der Waals surface area contributed by atoms with Crippen LogP contribution in [-0.2, 0) is 4.79 Å². The second-order valence-corrected chi connectivity index (χ2v) is 7.38. The van der Waals surface area contributed by atoms with E-state index in [9.17, 15) is 4.79 Å². The summed E-state index contributed by atoms with van der Waals surface area (Å²) in [4.78, 5) is 19.2. The van der Waals surface area contributed by atoms with Crippen LogP contribution in [0, 0.1) is 11.3 Å². The van der Waals surface area contributed by atoms with Crippen LogP contribution in [0.1, 0.15) is 12.0 Å². The number of amides is 1. The summed E-state index contributed by atoms with van der Waals surface area (Å²) >= 11 is 7.47. The molecular formula is C21H18ClN3O3S. The first kappa shape index (κ1) is 20.8. The number of rotatable bonds is 6. The van der Waals surface area contributed by atoms with E-state index in [1.54, 1.807) is 31.4 Å². The highest BCUT2D eigenvalue weighted by molar-refractivity contribution is 8.14. The SMILES string of the molecule is COc1ccc(/C=C2\N=C(SCCC#N)N(c3ccc(Cl)c(OC)c3)C2=O)cc1. The maximum Gasteiger partial charge on any atom is 0.283 e. The second-order valence-electron chi connectivity index (χ2n) is 5.91. The molecule has 148 valence electrons. The van der Waals surface area contributed by atoms with Gasteiger partial charge in [0.15, 0.2) is 5.17 Å². The molecule has 0 fully saturated rings. The molecule has 2 aromatic carbocycles. The number of anilines is 1. The summed E-state index contributed by atoms with van der Waals surface area (Å²) < 4.78 is 10.4. The largest absolute Gasteiger partial charge is 0.497 e. The molecule has 1 amide bonds. The standard InChI is InChI=1S/C21H18ClN3O3S/c1-27-16-7-4-14(5-8-16)12-18-20(26)25(21(24-18)29-11-3-10-23)15-6-9-17(22)19(13-15)28-2/h4-9,12-13H,3,11H2,1-2H3/b18-12-. The summed E-state index contributed by atoms with van der Waals surface area (Å²) in [5.41, 5.74) is 1.73. The molecule has 0 saturated heterocycles. The molecule has 0 N–H and O–H groups in total. The minimum absolute atomic E-state index is 0.260. The zero-order valence-corrected chi connectivity index (χ0v) is 17.5. The van der Waals surface area contributed by atoms with Crippen molar-refractivity contribution in [1.82, 2.24) is 0 Å². The Kier molecular flexibility index (Phi) is 6.81. The molecule has 6 nitrogen and oxygen atoms in total. The Bertz CT molecular complexity index is 1010. The summed E-state index contributed by atoms with van der Waals surface area (Å²) in [7, 11) is 3.11. The lowest BCUT2D eigenvalue weighted by Gasteiger charge is -2.18. The normalized spacial score (nSPS) is 14.7. The van der Waals surface area contributed by atoms with Crippen molar-refractivity contribution >= 4 is 46.2 Å². The van der Waals surface area contributed by atoms with Crippen molar-refractivity contribution in [1.29, 1.82) is 5.26 Å². The van der Waals surface area contributed by atoms with Gasteiger partial charge in [-0.3, -0.25) is 9.69 Å². The van der Waals surface area contributed by atoms with Crippen molar-refractivity contribution < 1.29 is 14.3 Å². The van der Waals surface area contributed by atoms with E-state index in [1.165, 1.54) is 23.8 Å². The highest BCUT2D eigenvalue weighted by atomic mass is 35.5. The third kappa shape index (κ3) is 4.73. The van der Waals surface area contributed by atoms with E-state index in [0.29, 0.717) is 39.5 Å². The highest BCUT2D eigenvalue weighted by Crippen LogP contribution is 2.34. The third-order valence-corrected chi connectivity index (χ3v) is 5.34. The van der Waals surface area contributed by atoms with Gasteiger partial charge in [-0.15, -0.1) is 0 Å². The minimum atomic E-state index is -0.260. The van der Waals surface area contributed by atoms with Crippen molar-refractivity contribution in [2.75, 3.05) is 24.9 Å². The Balaban J connectivity index is 1.96. The lowest BCUT2D eigenvalue weighted by Crippen LogP contribution is -2.30. The van der Waals surface area contributed by atoms with Crippen LogP contribution in [0.5, 0.6) is 11.5 Å². The van der Waals surface area contributed by atoms with E-state index in [0.717, 1.165) is 11.3 Å². The number of hydrogen-bond acceptors (Lipinski definition) is 6. The Labute approximate surface area is 178 Å². The smallest absolute Gasteiger partial charge is 0.283 e. The molecule has 0 atom stereocenters. The minimum Gasteiger partial charge on any atom is -0.497 e. The predicted molar refractivity (Wildman–Crippen MR) is 117 cm³/mol. The number of nitrogens with zero attached hydrogens (tertiary/aromatic N) is 3. The molecule has 0 radical (unpaired) electrons. The number of aliphatic imine (C=N–C) groups is 1. The van der Waals surface area contributed by atoms with Crippen LogP contribution in [0.3, 0.4) is 0 Å². The molecule has 1 aliphatic heterocycles. The van der Waals surface area contributed by atoms with Gasteiger partial charge in [-0.1, -0.05) is 35.5 Å². The van der Waals surface area contributed by atoms with Gasteiger partial charge in [0.2, 0.25) is 0 Å². The molecular weight excluding hydrogens is 410 g/mol. The molecule has 0 aromatic heterocycles. The molecule has 8 heteroatoms. The number of amidine groups is 1. The Morgan fingerprint density at radius 1 is 1.21 bits per heavy atom. The number of carbonyl (C=O) groups excluding carboxylic acids is 1. The van der Waals surface area contributed by atoms with Crippen LogP contribution >= 0.6 is 23.4 Å². The molecule has 0 aliphatic carbocycles. The predicted octanol–water partition coefficient (Wildman–Crippen LogP) is 4.75. The van der Waals surface area contributed by atoms with Gasteiger partial charge in [0.25, 0.3) is 5.91 Å². The summed E-state index contributed by atoms with van der Waals surface area (Å²) in [6, 6.07) is 14.5. The van der Waals surface area contributed by atoms with E-state index in [-0.39, 0.29) is 5.91 Å². The van der Waals surface area contributed by atoms with E-state index in [2.05, 4.69) is 11.1 Å². The molecule has 0 saturated carbocycles. The van der Waals surface area contributed by atoms with E-state index < -0.39 is 0 Å². The first-order valence-corrected chi connectivity index (χ1v) is 10.1. The van der Waals surface area contributed by atoms with Crippen molar-refractivity contribution in [3.8, 4) is 17.6 Å². The number of halogens is 1. The van der Waals surface area contributed by atoms with Crippen molar-refractivity contribution in [2.24, 2.45) is 4.99 Å². The lowest BCUT2D eigenvalue weighted by atomic mass is 10.2. The third-order valence-electron chi connectivity index (χ3n) is 4.09. The maximum absolute atomic E-state index is 13.1. The Morgan fingerprint density at radius 2 is 1.97 bits per heavy atom. The van der Waals surface area contributed by atoms with Gasteiger partial charge in [-0.05, 0) is 35.9 Å². The number of hydrogen-bond donors (Lipinski definition) is 0. The topological polar surface area (TPSA) is 74.9 Å². The average Bonchev–Trinajstić information content (AvgIpc) is 3.04. The highest BCUT2D eigenvalue weighted by Gasteiger charge is 2.32. The fourth-order valence-electron chi connectivity index (χ4n) is 2.65. The molecule has 29 heavy (non-hydrogen) atoms. The van der Waals surface area contributed by atoms with Gasteiger partial charge in [-0.25, -0.2) is 4.99 Å². The van der Waals surface area contributed by atoms with Crippen molar-refractivity contribution in [2.45, 2.75) is 6.42 Å². The van der Waals surface area contributed by atoms with E-state index in [1.807, 2.05) is 24.3 Å². The summed E-state index contributed by atoms with van der Waals surface area (Å²) in [5.74, 6) is 1.46. The number of benzene rings is 2. The van der Waals surface area contributed by atoms with Gasteiger partial charge in [-0.2, -0.15) is 5.26 Å². The van der Waals surface area contributed by atoms with Crippen LogP contribution < -0.4 is 14.4 Å². The van der Waals surface area contributed by atoms with E-state index >= 15 is 0 Å². The number of nitriles is 1. The summed E-state index contributed by atoms with van der Waals surface area (Å²) in [5, 5.41) is 9.79. The maximum atomic E-state index is 13.1. The van der Waals surface area contributed by atoms with Crippen molar-refractivity contribution in [3.05, 3.63) is 58.7 Å². The molecule has 0 bridgehead atoms. The zero-order valence-electron chi connectivity index (χ0n) is 15.9. The zero-order chi connectivity index (χ0) is 20.8. The average molecular weight is 428 g/mol. The monoisotopic (exact) mass is 427 g/mol. The lowest BCUT2D eigenvalue weighted by molar-refractivity contribution is -0.113. The number of ether oxygens (including phenoxy) is 2. The van der Waals surface area contributed by atoms with Crippen LogP contribution in [-0.4, -0.2) is 31.0 Å². The Morgan fingerprint density at radius 3 is 2.62 bits per heavy atom. The number of carbonyl (C=O) groups is 1. The van der Waals surface area contributed by atoms with E-state index in [4.69, 9.17) is 26.3 Å². The van der Waals surface area contributed by atoms with Gasteiger partial charge in [0.05, 0.1) is 31.0 Å². The molecule has 3 rings (SSSR count). The van der Waals surface area contributed by atoms with Crippen LogP contribution in [0.15, 0.2) is 53.2 Å². The first-order chi connectivity index (χ1) is 14.1. The molecule has 2 aromatic rings. The Hall–Kier alpha value is -2.95. The molecule has 1 aliphatic rings. The first-order valence-electron chi connectivity index (χ1n) is 8.69. The van der Waals surface area contributed by atoms with Gasteiger partial charge in [0, 0.05) is 18.2 Å². The molecule has 0 unspecified atom stereocenters. The van der Waals surface area contributed by atoms with Gasteiger partial charge in [0.1, 0.15) is 17.2 Å². The van der Waals surface area contributed by atoms with Crippen molar-refractivity contribution in [3.63, 3.8) is 0 Å². The molecule has 1 heterocycles. The number of methoxy groups -OCH3 is 2. The van der Waals surface area contributed by atoms with Crippen LogP contribution in [0.2, 0.25) is 5.02 Å².